The maximum atomic E-state index is 12.8. The van der Waals surface area contributed by atoms with Gasteiger partial charge < -0.3 is 4.98 Å². The van der Waals surface area contributed by atoms with Crippen LogP contribution in [0.1, 0.15) is 23.4 Å². The van der Waals surface area contributed by atoms with E-state index in [2.05, 4.69) is 34.2 Å². The summed E-state index contributed by atoms with van der Waals surface area (Å²) in [5.41, 5.74) is 4.87. The zero-order valence-corrected chi connectivity index (χ0v) is 13.6. The Bertz CT molecular complexity index is 1130. The number of aryl methyl sites for hydroxylation is 1. The van der Waals surface area contributed by atoms with E-state index >= 15 is 0 Å². The van der Waals surface area contributed by atoms with Crippen LogP contribution in [0.4, 0.5) is 0 Å². The summed E-state index contributed by atoms with van der Waals surface area (Å²) in [6, 6.07) is 20.5. The average molecular weight is 324 g/mol. The first kappa shape index (κ1) is 14.2. The van der Waals surface area contributed by atoms with E-state index in [0.29, 0.717) is 17.8 Å². The van der Waals surface area contributed by atoms with Gasteiger partial charge in [0.15, 0.2) is 5.78 Å². The number of hydrogen-bond acceptors (Lipinski definition) is 2. The van der Waals surface area contributed by atoms with Crippen LogP contribution in [-0.2, 0) is 11.2 Å². The van der Waals surface area contributed by atoms with Crippen LogP contribution in [0.2, 0.25) is 0 Å². The molecule has 1 N–H and O–H groups in total. The minimum atomic E-state index is 0.138. The molecule has 1 aromatic heterocycles. The number of allylic oxidation sites excluding steroid dienone is 1. The third-order valence-electron chi connectivity index (χ3n) is 4.92. The molecule has 25 heavy (non-hydrogen) atoms. The van der Waals surface area contributed by atoms with E-state index in [1.807, 2.05) is 42.5 Å². The van der Waals surface area contributed by atoms with Crippen LogP contribution in [0, 0.1) is 0 Å². The average Bonchev–Trinajstić information content (AvgIpc) is 3.00. The molecule has 4 aromatic rings. The number of benzene rings is 3. The predicted octanol–water partition coefficient (Wildman–Crippen LogP) is 4.77. The number of Topliss-reactive ketones (excluding diaryl/α,β-unsaturated/α-hetero) is 1. The summed E-state index contributed by atoms with van der Waals surface area (Å²) >= 11 is 0. The maximum Gasteiger partial charge on any atom is 0.166 e. The highest BCUT2D eigenvalue weighted by Crippen LogP contribution is 2.32. The summed E-state index contributed by atoms with van der Waals surface area (Å²) in [6.07, 6.45) is 3.29. The SMILES string of the molecule is O=C1CCc2ccc3ccccc3c2C=C1c1nc2ccccc2[nH]1. The first-order valence-corrected chi connectivity index (χ1v) is 8.50. The standard InChI is InChI=1S/C22H16N2O/c25-21-12-11-15-10-9-14-5-1-2-6-16(14)17(15)13-18(21)22-23-19-7-3-4-8-20(19)24-22/h1-10,13H,11-12H2,(H,23,24). The molecule has 0 bridgehead atoms. The van der Waals surface area contributed by atoms with Crippen LogP contribution in [0.5, 0.6) is 0 Å². The maximum absolute atomic E-state index is 12.8. The summed E-state index contributed by atoms with van der Waals surface area (Å²) in [5.74, 6) is 0.798. The molecule has 3 nitrogen and oxygen atoms in total. The quantitative estimate of drug-likeness (QED) is 0.548. The Balaban J connectivity index is 1.77. The Kier molecular flexibility index (Phi) is 3.07. The molecule has 3 aromatic carbocycles. The second kappa shape index (κ2) is 5.42. The van der Waals surface area contributed by atoms with E-state index in [-0.39, 0.29) is 5.78 Å². The number of hydrogen-bond donors (Lipinski definition) is 1. The highest BCUT2D eigenvalue weighted by Gasteiger charge is 2.21. The van der Waals surface area contributed by atoms with E-state index in [1.54, 1.807) is 0 Å². The van der Waals surface area contributed by atoms with Gasteiger partial charge in [0.2, 0.25) is 0 Å². The fourth-order valence-electron chi connectivity index (χ4n) is 3.62. The Morgan fingerprint density at radius 1 is 0.880 bits per heavy atom. The number of aromatic nitrogens is 2. The van der Waals surface area contributed by atoms with Gasteiger partial charge in [0.25, 0.3) is 0 Å². The Morgan fingerprint density at radius 2 is 1.72 bits per heavy atom. The molecule has 1 aliphatic rings. The highest BCUT2D eigenvalue weighted by molar-refractivity contribution is 6.26. The fraction of sp³-hybridized carbons (Fsp3) is 0.0909. The van der Waals surface area contributed by atoms with Crippen molar-refractivity contribution < 1.29 is 4.79 Å². The van der Waals surface area contributed by atoms with Gasteiger partial charge in [-0.15, -0.1) is 0 Å². The van der Waals surface area contributed by atoms with Crippen molar-refractivity contribution in [2.45, 2.75) is 12.8 Å². The number of H-pyrrole nitrogens is 1. The Labute approximate surface area is 145 Å². The molecule has 0 unspecified atom stereocenters. The van der Waals surface area contributed by atoms with Crippen LogP contribution in [0.25, 0.3) is 33.5 Å². The molecule has 120 valence electrons. The molecular weight excluding hydrogens is 308 g/mol. The van der Waals surface area contributed by atoms with E-state index in [1.165, 1.54) is 16.3 Å². The van der Waals surface area contributed by atoms with Crippen molar-refractivity contribution in [2.75, 3.05) is 0 Å². The van der Waals surface area contributed by atoms with Gasteiger partial charge in [0.05, 0.1) is 16.6 Å². The summed E-state index contributed by atoms with van der Waals surface area (Å²) in [5, 5.41) is 2.37. The minimum absolute atomic E-state index is 0.138. The van der Waals surface area contributed by atoms with Gasteiger partial charge in [-0.05, 0) is 46.5 Å². The molecule has 0 aliphatic heterocycles. The number of carbonyl (C=O) groups is 1. The molecular formula is C22H16N2O. The lowest BCUT2D eigenvalue weighted by molar-refractivity contribution is -0.113. The molecule has 3 heteroatoms. The largest absolute Gasteiger partial charge is 0.338 e. The molecule has 0 saturated heterocycles. The molecule has 0 amide bonds. The second-order valence-corrected chi connectivity index (χ2v) is 6.44. The van der Waals surface area contributed by atoms with E-state index in [9.17, 15) is 4.79 Å². The smallest absolute Gasteiger partial charge is 0.166 e. The van der Waals surface area contributed by atoms with Gasteiger partial charge in [-0.25, -0.2) is 4.98 Å². The summed E-state index contributed by atoms with van der Waals surface area (Å²) in [4.78, 5) is 20.7. The van der Waals surface area contributed by atoms with Gasteiger partial charge in [-0.2, -0.15) is 0 Å². The number of ketones is 1. The van der Waals surface area contributed by atoms with Gasteiger partial charge in [0, 0.05) is 6.42 Å². The van der Waals surface area contributed by atoms with Crippen LogP contribution in [0.3, 0.4) is 0 Å². The van der Waals surface area contributed by atoms with E-state index in [4.69, 9.17) is 0 Å². The Hall–Kier alpha value is -3.20. The number of nitrogens with zero attached hydrogens (tertiary/aromatic N) is 1. The van der Waals surface area contributed by atoms with Crippen molar-refractivity contribution in [2.24, 2.45) is 0 Å². The van der Waals surface area contributed by atoms with Crippen molar-refractivity contribution in [3.8, 4) is 0 Å². The first-order chi connectivity index (χ1) is 12.3. The van der Waals surface area contributed by atoms with Crippen LogP contribution in [-0.4, -0.2) is 15.8 Å². The number of nitrogens with one attached hydrogen (secondary N) is 1. The normalized spacial score (nSPS) is 14.4. The van der Waals surface area contributed by atoms with Crippen molar-refractivity contribution in [1.29, 1.82) is 0 Å². The molecule has 1 aliphatic carbocycles. The lowest BCUT2D eigenvalue weighted by Crippen LogP contribution is -2.02. The van der Waals surface area contributed by atoms with E-state index in [0.717, 1.165) is 23.0 Å². The molecule has 5 rings (SSSR count). The van der Waals surface area contributed by atoms with Crippen molar-refractivity contribution in [3.63, 3.8) is 0 Å². The molecule has 1 heterocycles. The van der Waals surface area contributed by atoms with Crippen molar-refractivity contribution in [1.82, 2.24) is 9.97 Å². The number of carbonyl (C=O) groups excluding carboxylic acids is 1. The van der Waals surface area contributed by atoms with Crippen LogP contribution < -0.4 is 0 Å². The van der Waals surface area contributed by atoms with Gasteiger partial charge in [-0.1, -0.05) is 48.5 Å². The monoisotopic (exact) mass is 324 g/mol. The number of para-hydroxylation sites is 2. The summed E-state index contributed by atoms with van der Waals surface area (Å²) in [7, 11) is 0. The third-order valence-corrected chi connectivity index (χ3v) is 4.92. The van der Waals surface area contributed by atoms with Gasteiger partial charge in [-0.3, -0.25) is 4.79 Å². The Morgan fingerprint density at radius 3 is 2.64 bits per heavy atom. The van der Waals surface area contributed by atoms with Crippen LogP contribution in [0.15, 0.2) is 60.7 Å². The zero-order valence-electron chi connectivity index (χ0n) is 13.6. The van der Waals surface area contributed by atoms with Crippen molar-refractivity contribution in [3.05, 3.63) is 77.6 Å². The number of imidazole rings is 1. The lowest BCUT2D eigenvalue weighted by atomic mass is 9.97. The third kappa shape index (κ3) is 2.28. The zero-order chi connectivity index (χ0) is 16.8. The highest BCUT2D eigenvalue weighted by atomic mass is 16.1. The predicted molar refractivity (Wildman–Crippen MR) is 101 cm³/mol. The fourth-order valence-corrected chi connectivity index (χ4v) is 3.62. The topological polar surface area (TPSA) is 45.8 Å². The number of rotatable bonds is 1. The lowest BCUT2D eigenvalue weighted by Gasteiger charge is -2.07. The summed E-state index contributed by atoms with van der Waals surface area (Å²) < 4.78 is 0. The molecule has 0 saturated carbocycles. The first-order valence-electron chi connectivity index (χ1n) is 8.50. The molecule has 0 fully saturated rings. The number of fused-ring (bicyclic) bond motifs is 4. The van der Waals surface area contributed by atoms with Crippen LogP contribution >= 0.6 is 0 Å². The minimum Gasteiger partial charge on any atom is -0.338 e. The van der Waals surface area contributed by atoms with Gasteiger partial charge >= 0.3 is 0 Å². The summed E-state index contributed by atoms with van der Waals surface area (Å²) in [6.45, 7) is 0. The molecule has 0 atom stereocenters. The number of aromatic amines is 1. The van der Waals surface area contributed by atoms with Crippen molar-refractivity contribution >= 4 is 39.2 Å². The second-order valence-electron chi connectivity index (χ2n) is 6.44. The van der Waals surface area contributed by atoms with E-state index < -0.39 is 0 Å². The van der Waals surface area contributed by atoms with Gasteiger partial charge in [0.1, 0.15) is 5.82 Å². The molecule has 0 radical (unpaired) electrons. The molecule has 0 spiro atoms.